The third-order valence-electron chi connectivity index (χ3n) is 4.15. The number of carbonyl (C=O) groups is 1. The number of benzene rings is 1. The fourth-order valence-electron chi connectivity index (χ4n) is 2.68. The molecule has 0 radical (unpaired) electrons. The number of ether oxygens (including phenoxy) is 1. The number of para-hydroxylation sites is 1. The van der Waals surface area contributed by atoms with Gasteiger partial charge >= 0.3 is 0 Å². The van der Waals surface area contributed by atoms with E-state index in [0.717, 1.165) is 36.4 Å². The first-order chi connectivity index (χ1) is 12.2. The van der Waals surface area contributed by atoms with E-state index in [2.05, 4.69) is 26.6 Å². The predicted molar refractivity (Wildman–Crippen MR) is 99.3 cm³/mol. The van der Waals surface area contributed by atoms with E-state index < -0.39 is 0 Å². The summed E-state index contributed by atoms with van der Waals surface area (Å²) in [6.45, 7) is 5.88. The van der Waals surface area contributed by atoms with E-state index in [1.807, 2.05) is 30.3 Å². The topological polar surface area (TPSA) is 63.5 Å². The SMILES string of the molecule is CCn1c(SCC(=O)N(C)c2ccccc2)nnc1N1CCOCC1. The highest BCUT2D eigenvalue weighted by Crippen LogP contribution is 2.23. The van der Waals surface area contributed by atoms with Gasteiger partial charge in [-0.2, -0.15) is 0 Å². The zero-order valence-electron chi connectivity index (χ0n) is 14.6. The second-order valence-electron chi connectivity index (χ2n) is 5.70. The molecule has 0 aliphatic carbocycles. The molecule has 0 N–H and O–H groups in total. The molecule has 3 rings (SSSR count). The molecule has 1 aliphatic heterocycles. The number of nitrogens with zero attached hydrogens (tertiary/aromatic N) is 5. The molecule has 0 unspecified atom stereocenters. The van der Waals surface area contributed by atoms with E-state index in [0.29, 0.717) is 19.0 Å². The molecule has 1 amide bonds. The molecule has 1 aromatic heterocycles. The van der Waals surface area contributed by atoms with Crippen LogP contribution in [-0.4, -0.2) is 59.8 Å². The fraction of sp³-hybridized carbons (Fsp3) is 0.471. The van der Waals surface area contributed by atoms with Crippen LogP contribution in [0, 0.1) is 0 Å². The second kappa shape index (κ2) is 8.35. The summed E-state index contributed by atoms with van der Waals surface area (Å²) in [5.41, 5.74) is 0.888. The number of rotatable bonds is 6. The molecule has 7 nitrogen and oxygen atoms in total. The van der Waals surface area contributed by atoms with Crippen molar-refractivity contribution >= 4 is 29.3 Å². The molecule has 134 valence electrons. The van der Waals surface area contributed by atoms with Crippen LogP contribution >= 0.6 is 11.8 Å². The van der Waals surface area contributed by atoms with Gasteiger partial charge in [-0.3, -0.25) is 9.36 Å². The molecule has 2 heterocycles. The van der Waals surface area contributed by atoms with E-state index in [1.165, 1.54) is 11.8 Å². The maximum absolute atomic E-state index is 12.4. The Morgan fingerprint density at radius 1 is 1.24 bits per heavy atom. The quantitative estimate of drug-likeness (QED) is 0.732. The van der Waals surface area contributed by atoms with Crippen molar-refractivity contribution in [1.29, 1.82) is 0 Å². The summed E-state index contributed by atoms with van der Waals surface area (Å²) in [6, 6.07) is 9.64. The van der Waals surface area contributed by atoms with Gasteiger partial charge in [0, 0.05) is 32.4 Å². The third kappa shape index (κ3) is 4.13. The number of morpholine rings is 1. The molecular formula is C17H23N5O2S. The lowest BCUT2D eigenvalue weighted by Gasteiger charge is -2.27. The molecule has 2 aromatic rings. The number of carbonyl (C=O) groups excluding carboxylic acids is 1. The Kier molecular flexibility index (Phi) is 5.93. The van der Waals surface area contributed by atoms with E-state index in [1.54, 1.807) is 11.9 Å². The largest absolute Gasteiger partial charge is 0.378 e. The highest BCUT2D eigenvalue weighted by molar-refractivity contribution is 7.99. The standard InChI is InChI=1S/C17H23N5O2S/c1-3-22-16(21-9-11-24-12-10-21)18-19-17(22)25-13-15(23)20(2)14-7-5-4-6-8-14/h4-8H,3,9-13H2,1-2H3. The highest BCUT2D eigenvalue weighted by atomic mass is 32.2. The Morgan fingerprint density at radius 2 is 1.96 bits per heavy atom. The van der Waals surface area contributed by atoms with Crippen molar-refractivity contribution in [1.82, 2.24) is 14.8 Å². The minimum Gasteiger partial charge on any atom is -0.378 e. The fourth-order valence-corrected chi connectivity index (χ4v) is 3.59. The van der Waals surface area contributed by atoms with Crippen molar-refractivity contribution in [3.8, 4) is 0 Å². The first-order valence-electron chi connectivity index (χ1n) is 8.41. The van der Waals surface area contributed by atoms with Crippen molar-refractivity contribution in [2.24, 2.45) is 0 Å². The van der Waals surface area contributed by atoms with Crippen LogP contribution in [0.15, 0.2) is 35.5 Å². The lowest BCUT2D eigenvalue weighted by molar-refractivity contribution is -0.115. The van der Waals surface area contributed by atoms with Crippen LogP contribution in [-0.2, 0) is 16.1 Å². The van der Waals surface area contributed by atoms with E-state index in [4.69, 9.17) is 4.74 Å². The number of anilines is 2. The average Bonchev–Trinajstić information content (AvgIpc) is 3.09. The lowest BCUT2D eigenvalue weighted by Crippen LogP contribution is -2.38. The summed E-state index contributed by atoms with van der Waals surface area (Å²) in [5.74, 6) is 1.22. The number of amides is 1. The van der Waals surface area contributed by atoms with Crippen molar-refractivity contribution in [2.75, 3.05) is 48.9 Å². The van der Waals surface area contributed by atoms with E-state index in [-0.39, 0.29) is 5.91 Å². The van der Waals surface area contributed by atoms with E-state index in [9.17, 15) is 4.79 Å². The summed E-state index contributed by atoms with van der Waals surface area (Å²) < 4.78 is 7.46. The third-order valence-corrected chi connectivity index (χ3v) is 5.10. The molecule has 0 spiro atoms. The molecule has 0 atom stereocenters. The normalized spacial score (nSPS) is 14.6. The first-order valence-corrected chi connectivity index (χ1v) is 9.39. The molecule has 0 saturated carbocycles. The van der Waals surface area contributed by atoms with E-state index >= 15 is 0 Å². The van der Waals surface area contributed by atoms with Crippen LogP contribution in [0.1, 0.15) is 6.92 Å². The van der Waals surface area contributed by atoms with Crippen LogP contribution in [0.25, 0.3) is 0 Å². The molecule has 1 saturated heterocycles. The smallest absolute Gasteiger partial charge is 0.237 e. The molecule has 1 aliphatic rings. The van der Waals surface area contributed by atoms with Crippen LogP contribution in [0.2, 0.25) is 0 Å². The summed E-state index contributed by atoms with van der Waals surface area (Å²) in [6.07, 6.45) is 0. The predicted octanol–water partition coefficient (Wildman–Crippen LogP) is 1.89. The molecule has 1 fully saturated rings. The van der Waals surface area contributed by atoms with Gasteiger partial charge in [-0.15, -0.1) is 10.2 Å². The van der Waals surface area contributed by atoms with Gasteiger partial charge in [-0.1, -0.05) is 30.0 Å². The molecule has 0 bridgehead atoms. The Balaban J connectivity index is 1.65. The monoisotopic (exact) mass is 361 g/mol. The Morgan fingerprint density at radius 3 is 2.64 bits per heavy atom. The zero-order valence-corrected chi connectivity index (χ0v) is 15.4. The van der Waals surface area contributed by atoms with Gasteiger partial charge in [-0.25, -0.2) is 0 Å². The van der Waals surface area contributed by atoms with Gasteiger partial charge in [0.1, 0.15) is 0 Å². The second-order valence-corrected chi connectivity index (χ2v) is 6.65. The maximum Gasteiger partial charge on any atom is 0.237 e. The van der Waals surface area contributed by atoms with Gasteiger partial charge < -0.3 is 14.5 Å². The molecular weight excluding hydrogens is 338 g/mol. The van der Waals surface area contributed by atoms with Gasteiger partial charge in [0.15, 0.2) is 5.16 Å². The van der Waals surface area contributed by atoms with Crippen molar-refractivity contribution < 1.29 is 9.53 Å². The Hall–Kier alpha value is -2.06. The van der Waals surface area contributed by atoms with Gasteiger partial charge in [0.05, 0.1) is 19.0 Å². The molecule has 1 aromatic carbocycles. The van der Waals surface area contributed by atoms with Gasteiger partial charge in [0.2, 0.25) is 11.9 Å². The van der Waals surface area contributed by atoms with Gasteiger partial charge in [-0.05, 0) is 19.1 Å². The minimum atomic E-state index is 0.0368. The summed E-state index contributed by atoms with van der Waals surface area (Å²) >= 11 is 1.43. The number of hydrogen-bond acceptors (Lipinski definition) is 6. The summed E-state index contributed by atoms with van der Waals surface area (Å²) in [4.78, 5) is 16.3. The van der Waals surface area contributed by atoms with Crippen molar-refractivity contribution in [3.63, 3.8) is 0 Å². The lowest BCUT2D eigenvalue weighted by atomic mass is 10.3. The van der Waals surface area contributed by atoms with Crippen molar-refractivity contribution in [2.45, 2.75) is 18.6 Å². The van der Waals surface area contributed by atoms with Gasteiger partial charge in [0.25, 0.3) is 0 Å². The number of thioether (sulfide) groups is 1. The van der Waals surface area contributed by atoms with Crippen LogP contribution in [0.3, 0.4) is 0 Å². The van der Waals surface area contributed by atoms with Crippen LogP contribution < -0.4 is 9.80 Å². The van der Waals surface area contributed by atoms with Crippen LogP contribution in [0.4, 0.5) is 11.6 Å². The van der Waals surface area contributed by atoms with Crippen LogP contribution in [0.5, 0.6) is 0 Å². The summed E-state index contributed by atoms with van der Waals surface area (Å²) in [5, 5.41) is 9.39. The Labute approximate surface area is 152 Å². The van der Waals surface area contributed by atoms with Crippen molar-refractivity contribution in [3.05, 3.63) is 30.3 Å². The molecule has 8 heteroatoms. The molecule has 25 heavy (non-hydrogen) atoms. The summed E-state index contributed by atoms with van der Waals surface area (Å²) in [7, 11) is 1.79. The Bertz CT molecular complexity index is 700. The number of aromatic nitrogens is 3. The minimum absolute atomic E-state index is 0.0368. The maximum atomic E-state index is 12.4. The zero-order chi connectivity index (χ0) is 17.6. The number of hydrogen-bond donors (Lipinski definition) is 0. The first kappa shape index (κ1) is 17.8. The average molecular weight is 361 g/mol. The highest BCUT2D eigenvalue weighted by Gasteiger charge is 2.21.